The molecule has 3 nitrogen and oxygen atoms in total. The second-order valence-corrected chi connectivity index (χ2v) is 2.89. The van der Waals surface area contributed by atoms with Crippen molar-refractivity contribution in [3.05, 3.63) is 24.2 Å². The first-order valence-electron chi connectivity index (χ1n) is 3.96. The van der Waals surface area contributed by atoms with Gasteiger partial charge in [-0.05, 0) is 12.1 Å². The minimum absolute atomic E-state index is 0.0566. The highest BCUT2D eigenvalue weighted by Gasteiger charge is 2.18. The smallest absolute Gasteiger partial charge is 0.132 e. The average molecular weight is 170 g/mol. The van der Waals surface area contributed by atoms with Crippen molar-refractivity contribution in [1.29, 1.82) is 0 Å². The van der Waals surface area contributed by atoms with E-state index in [0.717, 1.165) is 0 Å². The van der Waals surface area contributed by atoms with E-state index in [1.807, 2.05) is 6.92 Å². The van der Waals surface area contributed by atoms with Gasteiger partial charge in [0, 0.05) is 13.0 Å². The Morgan fingerprint density at radius 3 is 2.92 bits per heavy atom. The molecule has 1 aromatic rings. The molecule has 0 spiro atoms. The van der Waals surface area contributed by atoms with Crippen molar-refractivity contribution < 1.29 is 14.3 Å². The first-order chi connectivity index (χ1) is 5.75. The predicted octanol–water partition coefficient (Wildman–Crippen LogP) is 1.60. The number of aliphatic hydroxyl groups is 1. The zero-order chi connectivity index (χ0) is 8.97. The van der Waals surface area contributed by atoms with Crippen LogP contribution in [0.1, 0.15) is 18.8 Å². The summed E-state index contributed by atoms with van der Waals surface area (Å²) in [5, 5.41) is 9.64. The van der Waals surface area contributed by atoms with E-state index in [0.29, 0.717) is 12.4 Å². The molecule has 0 aliphatic carbocycles. The van der Waals surface area contributed by atoms with Crippen molar-refractivity contribution in [1.82, 2.24) is 0 Å². The standard InChI is InChI=1S/C9H14O3/c1-7(6-11-2)9(10)8-4-3-5-12-8/h3-5,7,9-10H,6H2,1-2H3. The fourth-order valence-electron chi connectivity index (χ4n) is 1.09. The van der Waals surface area contributed by atoms with E-state index in [4.69, 9.17) is 9.15 Å². The van der Waals surface area contributed by atoms with Crippen LogP contribution in [0.3, 0.4) is 0 Å². The minimum atomic E-state index is -0.569. The van der Waals surface area contributed by atoms with Crippen LogP contribution in [0.25, 0.3) is 0 Å². The first-order valence-corrected chi connectivity index (χ1v) is 3.96. The molecule has 1 heterocycles. The van der Waals surface area contributed by atoms with Gasteiger partial charge in [-0.25, -0.2) is 0 Å². The second kappa shape index (κ2) is 4.28. The molecule has 1 N–H and O–H groups in total. The molecule has 0 aliphatic rings. The lowest BCUT2D eigenvalue weighted by Gasteiger charge is -2.15. The Kier molecular flexibility index (Phi) is 3.31. The van der Waals surface area contributed by atoms with Gasteiger partial charge in [-0.3, -0.25) is 0 Å². The first kappa shape index (κ1) is 9.29. The molecular weight excluding hydrogens is 156 g/mol. The Labute approximate surface area is 72.0 Å². The third kappa shape index (κ3) is 2.09. The van der Waals surface area contributed by atoms with Crippen LogP contribution in [-0.4, -0.2) is 18.8 Å². The van der Waals surface area contributed by atoms with E-state index in [2.05, 4.69) is 0 Å². The molecule has 3 heteroatoms. The number of aliphatic hydroxyl groups excluding tert-OH is 1. The maximum absolute atomic E-state index is 9.64. The summed E-state index contributed by atoms with van der Waals surface area (Å²) in [4.78, 5) is 0. The quantitative estimate of drug-likeness (QED) is 0.746. The summed E-state index contributed by atoms with van der Waals surface area (Å²) >= 11 is 0. The molecule has 0 bridgehead atoms. The predicted molar refractivity (Wildman–Crippen MR) is 44.7 cm³/mol. The summed E-state index contributed by atoms with van der Waals surface area (Å²) in [7, 11) is 1.62. The van der Waals surface area contributed by atoms with E-state index in [9.17, 15) is 5.11 Å². The maximum atomic E-state index is 9.64. The molecule has 2 unspecified atom stereocenters. The molecule has 0 saturated carbocycles. The zero-order valence-corrected chi connectivity index (χ0v) is 7.36. The lowest BCUT2D eigenvalue weighted by molar-refractivity contribution is 0.0430. The van der Waals surface area contributed by atoms with Crippen LogP contribution in [0.4, 0.5) is 0 Å². The molecular formula is C9H14O3. The molecule has 0 amide bonds. The maximum Gasteiger partial charge on any atom is 0.132 e. The van der Waals surface area contributed by atoms with Crippen LogP contribution >= 0.6 is 0 Å². The number of hydrogen-bond donors (Lipinski definition) is 1. The molecule has 0 aromatic carbocycles. The van der Waals surface area contributed by atoms with Gasteiger partial charge in [0.05, 0.1) is 12.9 Å². The van der Waals surface area contributed by atoms with E-state index in [-0.39, 0.29) is 5.92 Å². The van der Waals surface area contributed by atoms with Gasteiger partial charge in [0.2, 0.25) is 0 Å². The topological polar surface area (TPSA) is 42.6 Å². The third-order valence-electron chi connectivity index (χ3n) is 1.80. The Hall–Kier alpha value is -0.800. The van der Waals surface area contributed by atoms with Crippen LogP contribution < -0.4 is 0 Å². The lowest BCUT2D eigenvalue weighted by Crippen LogP contribution is -2.13. The summed E-state index contributed by atoms with van der Waals surface area (Å²) in [6.45, 7) is 2.44. The van der Waals surface area contributed by atoms with E-state index < -0.39 is 6.10 Å². The molecule has 68 valence electrons. The molecule has 0 aliphatic heterocycles. The third-order valence-corrected chi connectivity index (χ3v) is 1.80. The second-order valence-electron chi connectivity index (χ2n) is 2.89. The molecule has 0 fully saturated rings. The van der Waals surface area contributed by atoms with E-state index in [1.165, 1.54) is 0 Å². The van der Waals surface area contributed by atoms with E-state index in [1.54, 1.807) is 25.5 Å². The average Bonchev–Trinajstić information content (AvgIpc) is 2.55. The monoisotopic (exact) mass is 170 g/mol. The van der Waals surface area contributed by atoms with Crippen molar-refractivity contribution in [2.75, 3.05) is 13.7 Å². The number of ether oxygens (including phenoxy) is 1. The number of furan rings is 1. The largest absolute Gasteiger partial charge is 0.467 e. The Bertz CT molecular complexity index is 206. The van der Waals surface area contributed by atoms with Crippen LogP contribution in [0.5, 0.6) is 0 Å². The van der Waals surface area contributed by atoms with Gasteiger partial charge < -0.3 is 14.3 Å². The van der Waals surface area contributed by atoms with Crippen molar-refractivity contribution in [3.63, 3.8) is 0 Å². The number of rotatable bonds is 4. The summed E-state index contributed by atoms with van der Waals surface area (Å²) < 4.78 is 9.98. The van der Waals surface area contributed by atoms with Crippen molar-refractivity contribution in [3.8, 4) is 0 Å². The fourth-order valence-corrected chi connectivity index (χ4v) is 1.09. The van der Waals surface area contributed by atoms with Gasteiger partial charge in [-0.2, -0.15) is 0 Å². The highest BCUT2D eigenvalue weighted by atomic mass is 16.5. The Balaban J connectivity index is 2.53. The zero-order valence-electron chi connectivity index (χ0n) is 7.36. The Morgan fingerprint density at radius 1 is 1.67 bits per heavy atom. The summed E-state index contributed by atoms with van der Waals surface area (Å²) in [6, 6.07) is 3.52. The van der Waals surface area contributed by atoms with Crippen molar-refractivity contribution in [2.45, 2.75) is 13.0 Å². The van der Waals surface area contributed by atoms with Crippen LogP contribution in [-0.2, 0) is 4.74 Å². The van der Waals surface area contributed by atoms with Crippen LogP contribution in [0.2, 0.25) is 0 Å². The van der Waals surface area contributed by atoms with Crippen molar-refractivity contribution in [2.24, 2.45) is 5.92 Å². The summed E-state index contributed by atoms with van der Waals surface area (Å²) in [5.74, 6) is 0.653. The molecule has 0 saturated heterocycles. The van der Waals surface area contributed by atoms with Crippen LogP contribution in [0.15, 0.2) is 22.8 Å². The van der Waals surface area contributed by atoms with E-state index >= 15 is 0 Å². The van der Waals surface area contributed by atoms with Crippen molar-refractivity contribution >= 4 is 0 Å². The lowest BCUT2D eigenvalue weighted by atomic mass is 10.0. The fraction of sp³-hybridized carbons (Fsp3) is 0.556. The molecule has 1 aromatic heterocycles. The van der Waals surface area contributed by atoms with Gasteiger partial charge in [0.1, 0.15) is 11.9 Å². The SMILES string of the molecule is COCC(C)C(O)c1ccco1. The van der Waals surface area contributed by atoms with Gasteiger partial charge in [0.25, 0.3) is 0 Å². The molecule has 1 rings (SSSR count). The van der Waals surface area contributed by atoms with Gasteiger partial charge in [0.15, 0.2) is 0 Å². The number of methoxy groups -OCH3 is 1. The highest BCUT2D eigenvalue weighted by molar-refractivity contribution is 5.02. The minimum Gasteiger partial charge on any atom is -0.467 e. The number of hydrogen-bond acceptors (Lipinski definition) is 3. The van der Waals surface area contributed by atoms with Gasteiger partial charge >= 0.3 is 0 Å². The van der Waals surface area contributed by atoms with Gasteiger partial charge in [-0.15, -0.1) is 0 Å². The summed E-state index contributed by atoms with van der Waals surface area (Å²) in [6.07, 6.45) is 0.984. The molecule has 0 radical (unpaired) electrons. The molecule has 2 atom stereocenters. The normalized spacial score (nSPS) is 15.9. The molecule has 12 heavy (non-hydrogen) atoms. The Morgan fingerprint density at radius 2 is 2.42 bits per heavy atom. The van der Waals surface area contributed by atoms with Crippen LogP contribution in [0, 0.1) is 5.92 Å². The van der Waals surface area contributed by atoms with Gasteiger partial charge in [-0.1, -0.05) is 6.92 Å². The summed E-state index contributed by atoms with van der Waals surface area (Å²) in [5.41, 5.74) is 0. The highest BCUT2D eigenvalue weighted by Crippen LogP contribution is 2.21.